The summed E-state index contributed by atoms with van der Waals surface area (Å²) in [5.41, 5.74) is -0.0224. The molecule has 1 saturated heterocycles. The molecule has 1 aromatic heterocycles. The van der Waals surface area contributed by atoms with Crippen LogP contribution in [0.25, 0.3) is 11.0 Å². The van der Waals surface area contributed by atoms with Gasteiger partial charge in [0.05, 0.1) is 24.7 Å². The van der Waals surface area contributed by atoms with Crippen molar-refractivity contribution in [1.29, 1.82) is 0 Å². The van der Waals surface area contributed by atoms with Gasteiger partial charge in [-0.05, 0) is 91.7 Å². The van der Waals surface area contributed by atoms with Crippen molar-refractivity contribution in [3.8, 4) is 0 Å². The third-order valence-electron chi connectivity index (χ3n) is 13.0. The fraction of sp³-hybridized carbons (Fsp3) is 0.667. The van der Waals surface area contributed by atoms with Gasteiger partial charge in [-0.15, -0.1) is 0 Å². The van der Waals surface area contributed by atoms with E-state index in [0.29, 0.717) is 18.4 Å². The van der Waals surface area contributed by atoms with Gasteiger partial charge in [0.2, 0.25) is 20.8 Å². The minimum atomic E-state index is -5.69. The second-order valence-corrected chi connectivity index (χ2v) is 19.1. The van der Waals surface area contributed by atoms with Gasteiger partial charge in [-0.3, -0.25) is 18.0 Å². The molecule has 2 bridgehead atoms. The number of aliphatic hydroxyl groups is 2. The SMILES string of the molecule is C=C1[C@H]2CC[C@H]3[C@]4(C)C[C@H](O[C@@H]5O[C@H](CO)[C@@H](OS(=O)(=O)[O-])[C@H](OS(=O)(=O)[O-])[C@H]5OC(=O)CC(C)C)C[C@@H](C(=O)O)[C@H]4CC[C@]3(C2)[C@H]1O.O=c1ccc2ccccc2o1.[K+].[K+]. The first kappa shape index (κ1) is 53.6. The van der Waals surface area contributed by atoms with Gasteiger partial charge in [0.1, 0.15) is 23.9 Å². The largest absolute Gasteiger partial charge is 1.00 e. The van der Waals surface area contributed by atoms with Crippen LogP contribution in [0.5, 0.6) is 0 Å². The molecule has 5 fully saturated rings. The molecule has 4 saturated carbocycles. The van der Waals surface area contributed by atoms with E-state index in [1.807, 2.05) is 25.1 Å². The third-order valence-corrected chi connectivity index (χ3v) is 13.9. The van der Waals surface area contributed by atoms with Gasteiger partial charge in [0.15, 0.2) is 12.4 Å². The van der Waals surface area contributed by atoms with Crippen molar-refractivity contribution in [3.05, 3.63) is 59.0 Å². The Bertz CT molecular complexity index is 2180. The second kappa shape index (κ2) is 21.3. The van der Waals surface area contributed by atoms with Crippen LogP contribution in [0.1, 0.15) is 72.1 Å². The predicted octanol–water partition coefficient (Wildman–Crippen LogP) is -3.22. The molecule has 2 aromatic rings. The molecule has 13 atom stereocenters. The minimum Gasteiger partial charge on any atom is -0.726 e. The van der Waals surface area contributed by atoms with Crippen molar-refractivity contribution < 1.29 is 181 Å². The second-order valence-electron chi connectivity index (χ2n) is 17.0. The number of carboxylic acid groups (broad SMARTS) is 1. The number of rotatable bonds is 11. The van der Waals surface area contributed by atoms with Gasteiger partial charge < -0.3 is 43.1 Å². The normalized spacial score (nSPS) is 35.7. The predicted molar refractivity (Wildman–Crippen MR) is 201 cm³/mol. The molecule has 1 aliphatic heterocycles. The van der Waals surface area contributed by atoms with Crippen molar-refractivity contribution in [3.63, 3.8) is 0 Å². The molecule has 1 aromatic carbocycles. The van der Waals surface area contributed by atoms with Crippen molar-refractivity contribution in [2.75, 3.05) is 6.61 Å². The molecule has 22 heteroatoms. The maximum absolute atomic E-state index is 12.9. The summed E-state index contributed by atoms with van der Waals surface area (Å²) >= 11 is 0. The van der Waals surface area contributed by atoms with Crippen molar-refractivity contribution >= 4 is 43.7 Å². The van der Waals surface area contributed by atoms with Crippen LogP contribution in [0.2, 0.25) is 0 Å². The quantitative estimate of drug-likeness (QED) is 0.0380. The van der Waals surface area contributed by atoms with E-state index >= 15 is 0 Å². The average molecular weight is 949 g/mol. The third kappa shape index (κ3) is 12.1. The summed E-state index contributed by atoms with van der Waals surface area (Å²) in [6.07, 6.45) is -8.49. The van der Waals surface area contributed by atoms with Crippen molar-refractivity contribution in [2.24, 2.45) is 40.4 Å². The summed E-state index contributed by atoms with van der Waals surface area (Å²) < 4.78 is 102. The van der Waals surface area contributed by atoms with Crippen molar-refractivity contribution in [2.45, 2.75) is 115 Å². The van der Waals surface area contributed by atoms with Crippen LogP contribution >= 0.6 is 0 Å². The van der Waals surface area contributed by atoms with E-state index in [-0.39, 0.29) is 151 Å². The Labute approximate surface area is 439 Å². The number of para-hydroxylation sites is 1. The topological polar surface area (TPSA) is 286 Å². The number of carbonyl (C=O) groups excluding carboxylic acids is 1. The molecular formula is C39H50K2O18S2. The number of fused-ring (bicyclic) bond motifs is 4. The summed E-state index contributed by atoms with van der Waals surface area (Å²) in [6, 6.07) is 10.6. The van der Waals surface area contributed by atoms with Gasteiger partial charge in [0, 0.05) is 23.3 Å². The smallest absolute Gasteiger partial charge is 0.726 e. The number of hydrogen-bond acceptors (Lipinski definition) is 17. The fourth-order valence-electron chi connectivity index (χ4n) is 10.8. The van der Waals surface area contributed by atoms with Gasteiger partial charge >= 0.3 is 120 Å². The number of carbonyl (C=O) groups is 2. The van der Waals surface area contributed by atoms with Gasteiger partial charge in [-0.2, -0.15) is 0 Å². The number of aliphatic hydroxyl groups excluding tert-OH is 2. The maximum Gasteiger partial charge on any atom is 1.00 e. The number of hydrogen-bond donors (Lipinski definition) is 3. The zero-order valence-electron chi connectivity index (χ0n) is 34.7. The first-order chi connectivity index (χ1) is 27.5. The molecule has 5 aliphatic rings. The van der Waals surface area contributed by atoms with Gasteiger partial charge in [-0.1, -0.05) is 45.5 Å². The zero-order valence-corrected chi connectivity index (χ0v) is 42.6. The minimum absolute atomic E-state index is 0. The molecule has 0 radical (unpaired) electrons. The van der Waals surface area contributed by atoms with Crippen molar-refractivity contribution in [1.82, 2.24) is 0 Å². The Hall–Kier alpha value is -0.0373. The van der Waals surface area contributed by atoms with E-state index in [1.165, 1.54) is 6.07 Å². The summed E-state index contributed by atoms with van der Waals surface area (Å²) in [5, 5.41) is 32.9. The Morgan fingerprint density at radius 3 is 2.25 bits per heavy atom. The molecule has 2 heterocycles. The Morgan fingerprint density at radius 2 is 1.62 bits per heavy atom. The number of esters is 1. The first-order valence-electron chi connectivity index (χ1n) is 19.5. The molecule has 18 nitrogen and oxygen atoms in total. The Balaban J connectivity index is 0.000000543. The average Bonchev–Trinajstić information content (AvgIpc) is 3.30. The fourth-order valence-corrected chi connectivity index (χ4v) is 11.8. The van der Waals surface area contributed by atoms with E-state index in [2.05, 4.69) is 14.9 Å². The van der Waals surface area contributed by atoms with Crippen LogP contribution in [-0.2, 0) is 53.0 Å². The maximum atomic E-state index is 12.9. The number of ether oxygens (including phenoxy) is 3. The molecule has 328 valence electrons. The Kier molecular flexibility index (Phi) is 18.7. The number of benzene rings is 1. The van der Waals surface area contributed by atoms with Gasteiger partial charge in [0.25, 0.3) is 0 Å². The van der Waals surface area contributed by atoms with E-state index in [4.69, 9.17) is 18.6 Å². The zero-order chi connectivity index (χ0) is 43.2. The van der Waals surface area contributed by atoms with Crippen LogP contribution in [0.15, 0.2) is 57.8 Å². The van der Waals surface area contributed by atoms with Crippen LogP contribution < -0.4 is 108 Å². The Morgan fingerprint density at radius 1 is 0.967 bits per heavy atom. The molecule has 61 heavy (non-hydrogen) atoms. The summed E-state index contributed by atoms with van der Waals surface area (Å²) in [6.45, 7) is 8.41. The monoisotopic (exact) mass is 948 g/mol. The molecular weight excluding hydrogens is 899 g/mol. The van der Waals surface area contributed by atoms with E-state index in [9.17, 15) is 55.6 Å². The molecule has 4 aliphatic carbocycles. The van der Waals surface area contributed by atoms with Gasteiger partial charge in [-0.25, -0.2) is 21.6 Å². The number of carboxylic acids is 1. The molecule has 0 amide bonds. The van der Waals surface area contributed by atoms with Crippen LogP contribution in [-0.4, -0.2) is 103 Å². The summed E-state index contributed by atoms with van der Waals surface area (Å²) in [7, 11) is -11.3. The van der Waals surface area contributed by atoms with Crippen LogP contribution in [0.4, 0.5) is 0 Å². The summed E-state index contributed by atoms with van der Waals surface area (Å²) in [5.74, 6) is -3.38. The van der Waals surface area contributed by atoms with E-state index in [1.54, 1.807) is 26.0 Å². The van der Waals surface area contributed by atoms with E-state index in [0.717, 1.165) is 30.2 Å². The van der Waals surface area contributed by atoms with E-state index < -0.39 is 99.0 Å². The molecule has 7 rings (SSSR count). The molecule has 3 N–H and O–H groups in total. The van der Waals surface area contributed by atoms with Crippen LogP contribution in [0.3, 0.4) is 0 Å². The summed E-state index contributed by atoms with van der Waals surface area (Å²) in [4.78, 5) is 36.3. The standard InChI is InChI=1S/C30H46O16S2.C9H6O2.2K/c1-14(2)9-22(32)44-25-24(46-48(39,40)41)23(45-47(36,37)38)20(13-31)43-28(25)42-17-10-18(27(34)35)19-7-8-30-11-16(15(3)26(30)33)5-6-21(30)29(19,4)12-17;10-9-6-5-7-3-1-2-4-8(7)11-9;;/h14,16-21,23-26,28,31,33H,3,5-13H2,1-2,4H3,(H,34,35)(H,36,37,38)(H,39,40,41);1-6H;;/q;;2*+1/p-2/t16-,17+,18+,19+,20+,21-,23+,24-,25+,26-,28+,29+,30+;;;/m0.../s1. The molecule has 0 unspecified atom stereocenters. The molecule has 1 spiro atoms. The number of aliphatic carboxylic acids is 1. The first-order valence-corrected chi connectivity index (χ1v) is 22.2. The van der Waals surface area contributed by atoms with Crippen LogP contribution in [0, 0.1) is 40.4 Å².